The summed E-state index contributed by atoms with van der Waals surface area (Å²) < 4.78 is 85.1. The Labute approximate surface area is 229 Å². The molecule has 1 aliphatic rings. The van der Waals surface area contributed by atoms with Crippen molar-refractivity contribution in [3.05, 3.63) is 42.2 Å². The van der Waals surface area contributed by atoms with Gasteiger partial charge in [-0.25, -0.2) is 0 Å². The molecule has 10 nitrogen and oxygen atoms in total. The molecule has 41 heavy (non-hydrogen) atoms. The minimum Gasteiger partial charge on any atom is -0.496 e. The highest BCUT2D eigenvalue weighted by atomic mass is 19.4. The molecule has 0 radical (unpaired) electrons. The van der Waals surface area contributed by atoms with Crippen LogP contribution >= 0.6 is 0 Å². The van der Waals surface area contributed by atoms with Crippen molar-refractivity contribution >= 4 is 16.8 Å². The number of hydrogen-bond donors (Lipinski definition) is 1. The maximum Gasteiger partial charge on any atom is 0.420 e. The van der Waals surface area contributed by atoms with E-state index in [9.17, 15) is 31.9 Å². The summed E-state index contributed by atoms with van der Waals surface area (Å²) in [7, 11) is 6.03. The van der Waals surface area contributed by atoms with Crippen LogP contribution in [0.5, 0.6) is 17.2 Å². The number of amides is 1. The van der Waals surface area contributed by atoms with Crippen molar-refractivity contribution in [1.29, 1.82) is 0 Å². The van der Waals surface area contributed by atoms with E-state index in [1.165, 1.54) is 25.0 Å². The summed E-state index contributed by atoms with van der Waals surface area (Å²) in [6.45, 7) is -5.51. The summed E-state index contributed by atoms with van der Waals surface area (Å²) in [5, 5.41) is 19.0. The number of hydrogen-bond acceptors (Lipinski definition) is 7. The molecule has 2 aromatic heterocycles. The number of ether oxygens (including phenoxy) is 3. The first kappa shape index (κ1) is 28.1. The Bertz CT molecular complexity index is 1640. The Morgan fingerprint density at radius 1 is 1.00 bits per heavy atom. The third-order valence-corrected chi connectivity index (χ3v) is 6.87. The molecule has 3 heterocycles. The number of nitrogens with zero attached hydrogens (tertiary/aromatic N) is 5. The highest BCUT2D eigenvalue weighted by molar-refractivity contribution is 6.04. The van der Waals surface area contributed by atoms with Crippen molar-refractivity contribution in [2.75, 3.05) is 27.3 Å². The lowest BCUT2D eigenvalue weighted by Crippen LogP contribution is -2.70. The topological polar surface area (TPSA) is 104 Å². The third kappa shape index (κ3) is 4.79. The summed E-state index contributed by atoms with van der Waals surface area (Å²) in [5.74, 6) is -1.52. The molecule has 1 N–H and O–H groups in total. The number of alkyl halides is 5. The molecule has 0 spiro atoms. The van der Waals surface area contributed by atoms with Gasteiger partial charge in [0.15, 0.2) is 5.60 Å². The number of methoxy groups -OCH3 is 2. The van der Waals surface area contributed by atoms with E-state index in [1.54, 1.807) is 37.1 Å². The molecule has 218 valence electrons. The van der Waals surface area contributed by atoms with Crippen LogP contribution in [-0.2, 0) is 14.1 Å². The average Bonchev–Trinajstić information content (AvgIpc) is 3.46. The van der Waals surface area contributed by atoms with Gasteiger partial charge in [-0.3, -0.25) is 14.2 Å². The SMILES string of the molecule is COc1cc(-c2c3c(OC)cc(-c4cnn(C)c4)cc3nn2C)cc(OC(F)F)c1C(=O)N1CC(O)(C(F)(F)F)C1. The van der Waals surface area contributed by atoms with Gasteiger partial charge in [-0.1, -0.05) is 0 Å². The number of aliphatic hydroxyl groups is 1. The number of likely N-dealkylation sites (tertiary alicyclic amines) is 1. The van der Waals surface area contributed by atoms with Crippen molar-refractivity contribution < 1.29 is 46.1 Å². The number of β-amino-alcohol motifs (C(OH)–C–C–N with tert-alkyl or cyclic N) is 1. The monoisotopic (exact) mass is 581 g/mol. The number of carbonyl (C=O) groups is 1. The van der Waals surface area contributed by atoms with Crippen molar-refractivity contribution in [2.24, 2.45) is 14.1 Å². The summed E-state index contributed by atoms with van der Waals surface area (Å²) in [6, 6.07) is 6.09. The van der Waals surface area contributed by atoms with E-state index in [1.807, 2.05) is 6.20 Å². The highest BCUT2D eigenvalue weighted by Crippen LogP contribution is 2.44. The zero-order valence-corrected chi connectivity index (χ0v) is 22.2. The molecule has 0 saturated carbocycles. The second kappa shape index (κ2) is 9.90. The normalized spacial score (nSPS) is 14.9. The Kier molecular flexibility index (Phi) is 6.80. The fourth-order valence-corrected chi connectivity index (χ4v) is 4.87. The van der Waals surface area contributed by atoms with Crippen LogP contribution in [-0.4, -0.2) is 81.2 Å². The average molecular weight is 581 g/mol. The third-order valence-electron chi connectivity index (χ3n) is 6.87. The van der Waals surface area contributed by atoms with Crippen LogP contribution in [0.3, 0.4) is 0 Å². The Balaban J connectivity index is 1.63. The number of fused-ring (bicyclic) bond motifs is 1. The zero-order valence-electron chi connectivity index (χ0n) is 22.2. The van der Waals surface area contributed by atoms with Crippen LogP contribution < -0.4 is 14.2 Å². The largest absolute Gasteiger partial charge is 0.496 e. The summed E-state index contributed by atoms with van der Waals surface area (Å²) >= 11 is 0. The van der Waals surface area contributed by atoms with Gasteiger partial charge in [-0.15, -0.1) is 0 Å². The van der Waals surface area contributed by atoms with Crippen molar-refractivity contribution in [3.8, 4) is 39.6 Å². The maximum atomic E-state index is 13.5. The highest BCUT2D eigenvalue weighted by Gasteiger charge is 2.62. The van der Waals surface area contributed by atoms with E-state index < -0.39 is 48.7 Å². The quantitative estimate of drug-likeness (QED) is 0.329. The van der Waals surface area contributed by atoms with Crippen LogP contribution in [0.15, 0.2) is 36.7 Å². The molecular formula is C26H24F5N5O5. The van der Waals surface area contributed by atoms with Crippen molar-refractivity contribution in [2.45, 2.75) is 18.4 Å². The molecule has 1 fully saturated rings. The van der Waals surface area contributed by atoms with Gasteiger partial charge < -0.3 is 24.2 Å². The summed E-state index contributed by atoms with van der Waals surface area (Å²) in [6.07, 6.45) is -1.49. The smallest absolute Gasteiger partial charge is 0.420 e. The van der Waals surface area contributed by atoms with Gasteiger partial charge in [0.2, 0.25) is 0 Å². The molecular weight excluding hydrogens is 557 g/mol. The summed E-state index contributed by atoms with van der Waals surface area (Å²) in [5.41, 5.74) is -0.885. The minimum atomic E-state index is -4.98. The van der Waals surface area contributed by atoms with Gasteiger partial charge in [0, 0.05) is 31.4 Å². The predicted molar refractivity (Wildman–Crippen MR) is 135 cm³/mol. The lowest BCUT2D eigenvalue weighted by Gasteiger charge is -2.47. The molecule has 0 unspecified atom stereocenters. The van der Waals surface area contributed by atoms with Crippen LogP contribution in [0.1, 0.15) is 10.4 Å². The van der Waals surface area contributed by atoms with Gasteiger partial charge in [0.1, 0.15) is 22.8 Å². The van der Waals surface area contributed by atoms with Crippen LogP contribution in [0, 0.1) is 0 Å². The first-order valence-corrected chi connectivity index (χ1v) is 12.1. The van der Waals surface area contributed by atoms with Crippen LogP contribution in [0.25, 0.3) is 33.3 Å². The second-order valence-corrected chi connectivity index (χ2v) is 9.57. The van der Waals surface area contributed by atoms with Gasteiger partial charge in [0.25, 0.3) is 5.91 Å². The maximum absolute atomic E-state index is 13.5. The molecule has 1 saturated heterocycles. The van der Waals surface area contributed by atoms with E-state index in [-0.39, 0.29) is 11.3 Å². The minimum absolute atomic E-state index is 0.231. The second-order valence-electron chi connectivity index (χ2n) is 9.57. The fraction of sp³-hybridized carbons (Fsp3) is 0.346. The molecule has 5 rings (SSSR count). The van der Waals surface area contributed by atoms with E-state index in [4.69, 9.17) is 9.47 Å². The first-order chi connectivity index (χ1) is 19.3. The van der Waals surface area contributed by atoms with Gasteiger partial charge in [0.05, 0.1) is 50.1 Å². The standard InChI is InChI=1S/C26H24F5N5O5/c1-34-10-15(9-32-34)13-5-16-20(17(6-13)39-3)22(35(2)33-16)14-7-18(40-4)21(19(8-14)41-24(27)28)23(37)36-11-25(38,12-36)26(29,30)31/h5-10,24,38H,11-12H2,1-4H3. The fourth-order valence-electron chi connectivity index (χ4n) is 4.87. The molecule has 2 aromatic carbocycles. The lowest BCUT2D eigenvalue weighted by molar-refractivity contribution is -0.294. The summed E-state index contributed by atoms with van der Waals surface area (Å²) in [4.78, 5) is 13.8. The van der Waals surface area contributed by atoms with Gasteiger partial charge in [-0.05, 0) is 29.8 Å². The van der Waals surface area contributed by atoms with Crippen LogP contribution in [0.4, 0.5) is 22.0 Å². The number of aryl methyl sites for hydroxylation is 2. The Morgan fingerprint density at radius 3 is 2.20 bits per heavy atom. The van der Waals surface area contributed by atoms with Gasteiger partial charge >= 0.3 is 12.8 Å². The van der Waals surface area contributed by atoms with E-state index in [0.717, 1.165) is 17.2 Å². The molecule has 1 aliphatic heterocycles. The molecule has 0 aliphatic carbocycles. The van der Waals surface area contributed by atoms with Crippen molar-refractivity contribution in [3.63, 3.8) is 0 Å². The molecule has 15 heteroatoms. The number of rotatable bonds is 7. The first-order valence-electron chi connectivity index (χ1n) is 12.1. The molecule has 0 bridgehead atoms. The number of benzene rings is 2. The molecule has 4 aromatic rings. The Hall–Kier alpha value is -4.40. The van der Waals surface area contributed by atoms with Gasteiger partial charge in [-0.2, -0.15) is 32.1 Å². The molecule has 0 atom stereocenters. The lowest BCUT2D eigenvalue weighted by atomic mass is 9.92. The number of aromatic nitrogens is 4. The van der Waals surface area contributed by atoms with Crippen molar-refractivity contribution in [1.82, 2.24) is 24.5 Å². The Morgan fingerprint density at radius 2 is 1.63 bits per heavy atom. The number of carbonyl (C=O) groups excluding carboxylic acids is 1. The molecule has 1 amide bonds. The van der Waals surface area contributed by atoms with E-state index in [2.05, 4.69) is 14.9 Å². The number of halogens is 5. The van der Waals surface area contributed by atoms with E-state index in [0.29, 0.717) is 27.2 Å². The van der Waals surface area contributed by atoms with E-state index >= 15 is 0 Å². The zero-order chi connectivity index (χ0) is 29.9. The predicted octanol–water partition coefficient (Wildman–Crippen LogP) is 4.01. The van der Waals surface area contributed by atoms with Crippen LogP contribution in [0.2, 0.25) is 0 Å².